The molecule has 1 fully saturated rings. The highest BCUT2D eigenvalue weighted by molar-refractivity contribution is 5.28. The number of rotatable bonds is 3. The zero-order valence-electron chi connectivity index (χ0n) is 12.0. The van der Waals surface area contributed by atoms with Crippen molar-refractivity contribution in [3.8, 4) is 0 Å². The molecule has 106 valence electrons. The van der Waals surface area contributed by atoms with Crippen molar-refractivity contribution in [2.75, 3.05) is 19.6 Å². The Labute approximate surface area is 115 Å². The normalized spacial score (nSPS) is 25.3. The quantitative estimate of drug-likeness (QED) is 0.908. The molecule has 1 aromatic carbocycles. The Bertz CT molecular complexity index is 405. The molecular weight excluding hydrogens is 239 g/mol. The van der Waals surface area contributed by atoms with Crippen molar-refractivity contribution in [1.82, 2.24) is 4.90 Å². The molecule has 0 saturated carbocycles. The van der Waals surface area contributed by atoms with E-state index in [1.165, 1.54) is 12.8 Å². The second-order valence-electron chi connectivity index (χ2n) is 5.59. The van der Waals surface area contributed by atoms with Gasteiger partial charge < -0.3 is 5.73 Å². The first kappa shape index (κ1) is 14.5. The standard InChI is InChI=1S/C16H25FN2/c1-3-19-9-5-4-6-13(11-18)16(19)14-10-12(2)7-8-15(14)17/h7-8,10,13,16H,3-6,9,11,18H2,1-2H3. The van der Waals surface area contributed by atoms with Crippen molar-refractivity contribution in [2.45, 2.75) is 39.2 Å². The molecule has 0 bridgehead atoms. The van der Waals surface area contributed by atoms with Gasteiger partial charge in [0, 0.05) is 11.6 Å². The van der Waals surface area contributed by atoms with Crippen molar-refractivity contribution in [1.29, 1.82) is 0 Å². The number of nitrogens with zero attached hydrogens (tertiary/aromatic N) is 1. The minimum Gasteiger partial charge on any atom is -0.330 e. The van der Waals surface area contributed by atoms with E-state index in [1.54, 1.807) is 6.07 Å². The second kappa shape index (κ2) is 6.49. The summed E-state index contributed by atoms with van der Waals surface area (Å²) in [6.45, 7) is 6.81. The summed E-state index contributed by atoms with van der Waals surface area (Å²) < 4.78 is 14.2. The second-order valence-corrected chi connectivity index (χ2v) is 5.59. The van der Waals surface area contributed by atoms with Crippen LogP contribution in [0.2, 0.25) is 0 Å². The van der Waals surface area contributed by atoms with E-state index >= 15 is 0 Å². The topological polar surface area (TPSA) is 29.3 Å². The van der Waals surface area contributed by atoms with Crippen molar-refractivity contribution in [2.24, 2.45) is 11.7 Å². The maximum Gasteiger partial charge on any atom is 0.128 e. The van der Waals surface area contributed by atoms with E-state index in [2.05, 4.69) is 11.8 Å². The van der Waals surface area contributed by atoms with Gasteiger partial charge in [0.25, 0.3) is 0 Å². The average Bonchev–Trinajstić information content (AvgIpc) is 2.63. The SMILES string of the molecule is CCN1CCCCC(CN)C1c1cc(C)ccc1F. The van der Waals surface area contributed by atoms with Crippen LogP contribution in [-0.4, -0.2) is 24.5 Å². The van der Waals surface area contributed by atoms with Crippen LogP contribution in [0.3, 0.4) is 0 Å². The number of hydrogen-bond donors (Lipinski definition) is 1. The fraction of sp³-hybridized carbons (Fsp3) is 0.625. The van der Waals surface area contributed by atoms with Gasteiger partial charge in [-0.3, -0.25) is 4.90 Å². The Morgan fingerprint density at radius 3 is 2.84 bits per heavy atom. The number of nitrogens with two attached hydrogens (primary N) is 1. The highest BCUT2D eigenvalue weighted by Crippen LogP contribution is 2.36. The van der Waals surface area contributed by atoms with E-state index in [0.717, 1.165) is 30.6 Å². The minimum atomic E-state index is -0.0885. The van der Waals surface area contributed by atoms with Gasteiger partial charge in [-0.2, -0.15) is 0 Å². The Morgan fingerprint density at radius 2 is 2.16 bits per heavy atom. The molecule has 0 amide bonds. The molecule has 1 aliphatic rings. The Kier molecular flexibility index (Phi) is 4.94. The lowest BCUT2D eigenvalue weighted by atomic mass is 9.88. The van der Waals surface area contributed by atoms with Crippen LogP contribution in [0.25, 0.3) is 0 Å². The van der Waals surface area contributed by atoms with E-state index in [1.807, 2.05) is 19.1 Å². The van der Waals surface area contributed by atoms with Gasteiger partial charge in [-0.1, -0.05) is 31.0 Å². The van der Waals surface area contributed by atoms with Gasteiger partial charge in [-0.25, -0.2) is 4.39 Å². The van der Waals surface area contributed by atoms with Crippen LogP contribution in [0.15, 0.2) is 18.2 Å². The molecule has 0 radical (unpaired) electrons. The lowest BCUT2D eigenvalue weighted by Crippen LogP contribution is -2.36. The predicted molar refractivity (Wildman–Crippen MR) is 77.5 cm³/mol. The zero-order valence-corrected chi connectivity index (χ0v) is 12.0. The van der Waals surface area contributed by atoms with Crippen molar-refractivity contribution in [3.63, 3.8) is 0 Å². The molecule has 1 aliphatic heterocycles. The van der Waals surface area contributed by atoms with Crippen LogP contribution in [-0.2, 0) is 0 Å². The average molecular weight is 264 g/mol. The molecule has 3 heteroatoms. The zero-order chi connectivity index (χ0) is 13.8. The molecule has 2 rings (SSSR count). The van der Waals surface area contributed by atoms with Gasteiger partial charge in [0.15, 0.2) is 0 Å². The van der Waals surface area contributed by atoms with Gasteiger partial charge in [-0.05, 0) is 51.4 Å². The molecule has 0 aliphatic carbocycles. The molecule has 2 atom stereocenters. The number of hydrogen-bond acceptors (Lipinski definition) is 2. The minimum absolute atomic E-state index is 0.0885. The highest BCUT2D eigenvalue weighted by Gasteiger charge is 2.31. The van der Waals surface area contributed by atoms with Gasteiger partial charge in [0.1, 0.15) is 5.82 Å². The largest absolute Gasteiger partial charge is 0.330 e. The predicted octanol–water partition coefficient (Wildman–Crippen LogP) is 3.26. The Morgan fingerprint density at radius 1 is 1.37 bits per heavy atom. The van der Waals surface area contributed by atoms with Crippen LogP contribution in [0.1, 0.15) is 43.4 Å². The number of aryl methyl sites for hydroxylation is 1. The van der Waals surface area contributed by atoms with Crippen LogP contribution >= 0.6 is 0 Å². The first-order valence-electron chi connectivity index (χ1n) is 7.37. The number of halogens is 1. The van der Waals surface area contributed by atoms with Crippen molar-refractivity contribution >= 4 is 0 Å². The molecule has 1 heterocycles. The number of likely N-dealkylation sites (tertiary alicyclic amines) is 1. The van der Waals surface area contributed by atoms with Gasteiger partial charge in [0.2, 0.25) is 0 Å². The maximum atomic E-state index is 14.2. The van der Waals surface area contributed by atoms with Crippen molar-refractivity contribution in [3.05, 3.63) is 35.1 Å². The Balaban J connectivity index is 2.41. The van der Waals surface area contributed by atoms with E-state index in [0.29, 0.717) is 12.5 Å². The molecule has 2 N–H and O–H groups in total. The smallest absolute Gasteiger partial charge is 0.128 e. The molecule has 2 nitrogen and oxygen atoms in total. The molecule has 0 spiro atoms. The first-order chi connectivity index (χ1) is 9.17. The fourth-order valence-electron chi connectivity index (χ4n) is 3.26. The summed E-state index contributed by atoms with van der Waals surface area (Å²) >= 11 is 0. The van der Waals surface area contributed by atoms with Gasteiger partial charge in [-0.15, -0.1) is 0 Å². The van der Waals surface area contributed by atoms with Gasteiger partial charge >= 0.3 is 0 Å². The third-order valence-electron chi connectivity index (χ3n) is 4.29. The van der Waals surface area contributed by atoms with Crippen LogP contribution < -0.4 is 5.73 Å². The third kappa shape index (κ3) is 3.15. The molecule has 19 heavy (non-hydrogen) atoms. The van der Waals surface area contributed by atoms with Crippen LogP contribution in [0.4, 0.5) is 4.39 Å². The molecular formula is C16H25FN2. The Hall–Kier alpha value is -0.930. The molecule has 1 aromatic rings. The summed E-state index contributed by atoms with van der Waals surface area (Å²) in [5.41, 5.74) is 7.91. The highest BCUT2D eigenvalue weighted by atomic mass is 19.1. The van der Waals surface area contributed by atoms with Crippen LogP contribution in [0, 0.1) is 18.7 Å². The lowest BCUT2D eigenvalue weighted by Gasteiger charge is -2.34. The van der Waals surface area contributed by atoms with E-state index in [9.17, 15) is 4.39 Å². The summed E-state index contributed by atoms with van der Waals surface area (Å²) in [5.74, 6) is 0.271. The van der Waals surface area contributed by atoms with E-state index < -0.39 is 0 Å². The summed E-state index contributed by atoms with van der Waals surface area (Å²) in [5, 5.41) is 0. The molecule has 0 aromatic heterocycles. The first-order valence-corrected chi connectivity index (χ1v) is 7.37. The fourth-order valence-corrected chi connectivity index (χ4v) is 3.26. The summed E-state index contributed by atoms with van der Waals surface area (Å²) in [6, 6.07) is 5.56. The third-order valence-corrected chi connectivity index (χ3v) is 4.29. The molecule has 2 unspecified atom stereocenters. The molecule has 1 saturated heterocycles. The van der Waals surface area contributed by atoms with E-state index in [-0.39, 0.29) is 11.9 Å². The van der Waals surface area contributed by atoms with Crippen molar-refractivity contribution < 1.29 is 4.39 Å². The van der Waals surface area contributed by atoms with Crippen LogP contribution in [0.5, 0.6) is 0 Å². The number of benzene rings is 1. The summed E-state index contributed by atoms with van der Waals surface area (Å²) in [7, 11) is 0. The van der Waals surface area contributed by atoms with E-state index in [4.69, 9.17) is 5.73 Å². The van der Waals surface area contributed by atoms with Gasteiger partial charge in [0.05, 0.1) is 0 Å². The summed E-state index contributed by atoms with van der Waals surface area (Å²) in [4.78, 5) is 2.39. The summed E-state index contributed by atoms with van der Waals surface area (Å²) in [6.07, 6.45) is 3.49. The monoisotopic (exact) mass is 264 g/mol. The maximum absolute atomic E-state index is 14.2. The lowest BCUT2D eigenvalue weighted by molar-refractivity contribution is 0.162.